The predicted molar refractivity (Wildman–Crippen MR) is 75.5 cm³/mol. The highest BCUT2D eigenvalue weighted by Crippen LogP contribution is 2.12. The predicted octanol–water partition coefficient (Wildman–Crippen LogP) is -0.300. The number of benzene rings is 1. The van der Waals surface area contributed by atoms with Crippen LogP contribution in [0.5, 0.6) is 0 Å². The molecule has 0 heterocycles. The molecule has 0 radical (unpaired) electrons. The molecule has 0 aliphatic carbocycles. The first-order chi connectivity index (χ1) is 9.45. The molecule has 0 aliphatic heterocycles. The highest BCUT2D eigenvalue weighted by atomic mass is 32.2. The number of carbonyl (C=O) groups is 1. The van der Waals surface area contributed by atoms with Crippen LogP contribution in [0, 0.1) is 0 Å². The molecular weight excluding hydrogens is 282 g/mol. The molecule has 112 valence electrons. The lowest BCUT2D eigenvalue weighted by atomic mass is 10.3. The molecular formula is C12H19N3O4S. The summed E-state index contributed by atoms with van der Waals surface area (Å²) in [5.74, 6) is -0.239. The maximum Gasteiger partial charge on any atom is 0.240 e. The van der Waals surface area contributed by atoms with Crippen LogP contribution in [0.25, 0.3) is 0 Å². The second-order valence-corrected chi connectivity index (χ2v) is 5.83. The van der Waals surface area contributed by atoms with E-state index in [1.165, 1.54) is 19.2 Å². The van der Waals surface area contributed by atoms with Crippen molar-refractivity contribution in [2.45, 2.75) is 11.3 Å². The van der Waals surface area contributed by atoms with Gasteiger partial charge in [0, 0.05) is 32.3 Å². The number of nitrogens with two attached hydrogens (primary N) is 1. The number of ether oxygens (including phenoxy) is 1. The second kappa shape index (κ2) is 7.83. The van der Waals surface area contributed by atoms with Gasteiger partial charge in [-0.1, -0.05) is 6.07 Å². The molecule has 0 saturated heterocycles. The van der Waals surface area contributed by atoms with Gasteiger partial charge in [-0.25, -0.2) is 13.1 Å². The molecule has 4 N–H and O–H groups in total. The Morgan fingerprint density at radius 2 is 2.10 bits per heavy atom. The van der Waals surface area contributed by atoms with Gasteiger partial charge in [0.1, 0.15) is 0 Å². The van der Waals surface area contributed by atoms with Crippen molar-refractivity contribution in [1.29, 1.82) is 0 Å². The van der Waals surface area contributed by atoms with Crippen molar-refractivity contribution in [1.82, 2.24) is 10.0 Å². The Bertz CT molecular complexity index is 545. The lowest BCUT2D eigenvalue weighted by Gasteiger charge is -2.08. The van der Waals surface area contributed by atoms with Crippen LogP contribution in [0.2, 0.25) is 0 Å². The number of rotatable bonds is 8. The van der Waals surface area contributed by atoms with Gasteiger partial charge >= 0.3 is 0 Å². The minimum atomic E-state index is -3.64. The Morgan fingerprint density at radius 1 is 1.35 bits per heavy atom. The molecule has 8 heteroatoms. The molecule has 0 fully saturated rings. The first kappa shape index (κ1) is 16.4. The average Bonchev–Trinajstić information content (AvgIpc) is 2.39. The van der Waals surface area contributed by atoms with E-state index in [0.29, 0.717) is 18.8 Å². The van der Waals surface area contributed by atoms with Gasteiger partial charge < -0.3 is 15.8 Å². The molecule has 1 aromatic carbocycles. The van der Waals surface area contributed by atoms with Crippen LogP contribution in [0.1, 0.15) is 6.42 Å². The molecule has 0 aromatic heterocycles. The van der Waals surface area contributed by atoms with Gasteiger partial charge in [-0.2, -0.15) is 0 Å². The number of nitrogens with one attached hydrogen (secondary N) is 2. The minimum Gasteiger partial charge on any atom is -0.399 e. The molecule has 0 aliphatic rings. The summed E-state index contributed by atoms with van der Waals surface area (Å²) in [6.07, 6.45) is 0.0608. The van der Waals surface area contributed by atoms with E-state index in [1.54, 1.807) is 12.1 Å². The van der Waals surface area contributed by atoms with Gasteiger partial charge in [-0.3, -0.25) is 4.79 Å². The monoisotopic (exact) mass is 301 g/mol. The first-order valence-electron chi connectivity index (χ1n) is 6.06. The Morgan fingerprint density at radius 3 is 2.75 bits per heavy atom. The van der Waals surface area contributed by atoms with Gasteiger partial charge in [-0.05, 0) is 18.2 Å². The van der Waals surface area contributed by atoms with Gasteiger partial charge in [0.2, 0.25) is 15.9 Å². The van der Waals surface area contributed by atoms with Crippen molar-refractivity contribution in [2.24, 2.45) is 0 Å². The molecule has 1 aromatic rings. The van der Waals surface area contributed by atoms with E-state index in [4.69, 9.17) is 10.5 Å². The van der Waals surface area contributed by atoms with Crippen molar-refractivity contribution in [2.75, 3.05) is 32.5 Å². The maximum absolute atomic E-state index is 11.9. The summed E-state index contributed by atoms with van der Waals surface area (Å²) in [7, 11) is -2.10. The number of hydrogen-bond donors (Lipinski definition) is 3. The Hall–Kier alpha value is -1.64. The molecule has 1 amide bonds. The standard InChI is InChI=1S/C12H19N3O4S/c1-19-8-7-14-12(16)5-6-15-20(17,18)11-4-2-3-10(13)9-11/h2-4,9,15H,5-8,13H2,1H3,(H,14,16). The number of methoxy groups -OCH3 is 1. The van der Waals surface area contributed by atoms with Crippen molar-refractivity contribution < 1.29 is 17.9 Å². The zero-order valence-electron chi connectivity index (χ0n) is 11.3. The number of sulfonamides is 1. The topological polar surface area (TPSA) is 111 Å². The molecule has 0 bridgehead atoms. The SMILES string of the molecule is COCCNC(=O)CCNS(=O)(=O)c1cccc(N)c1. The molecule has 20 heavy (non-hydrogen) atoms. The van der Waals surface area contributed by atoms with Gasteiger partial charge in [0.05, 0.1) is 11.5 Å². The van der Waals surface area contributed by atoms with Crippen LogP contribution in [0.3, 0.4) is 0 Å². The third kappa shape index (κ3) is 5.55. The van der Waals surface area contributed by atoms with Gasteiger partial charge in [0.15, 0.2) is 0 Å². The third-order valence-corrected chi connectivity index (χ3v) is 3.90. The Balaban J connectivity index is 2.43. The molecule has 0 spiro atoms. The molecule has 7 nitrogen and oxygen atoms in total. The molecule has 0 saturated carbocycles. The Labute approximate surface area is 118 Å². The van der Waals surface area contributed by atoms with Crippen LogP contribution in [0.4, 0.5) is 5.69 Å². The fraction of sp³-hybridized carbons (Fsp3) is 0.417. The number of anilines is 1. The van der Waals surface area contributed by atoms with Gasteiger partial charge in [-0.15, -0.1) is 0 Å². The fourth-order valence-electron chi connectivity index (χ4n) is 1.44. The zero-order valence-corrected chi connectivity index (χ0v) is 12.1. The average molecular weight is 301 g/mol. The fourth-order valence-corrected chi connectivity index (χ4v) is 2.53. The number of amides is 1. The minimum absolute atomic E-state index is 0.0238. The van der Waals surface area contributed by atoms with E-state index in [0.717, 1.165) is 0 Å². The lowest BCUT2D eigenvalue weighted by Crippen LogP contribution is -2.32. The number of carbonyl (C=O) groups excluding carboxylic acids is 1. The summed E-state index contributed by atoms with van der Waals surface area (Å²) in [6.45, 7) is 0.841. The van der Waals surface area contributed by atoms with E-state index in [-0.39, 0.29) is 23.8 Å². The molecule has 0 unspecified atom stereocenters. The Kier molecular flexibility index (Phi) is 6.43. The van der Waals surface area contributed by atoms with E-state index >= 15 is 0 Å². The van der Waals surface area contributed by atoms with Crippen LogP contribution in [-0.2, 0) is 19.6 Å². The highest BCUT2D eigenvalue weighted by molar-refractivity contribution is 7.89. The first-order valence-corrected chi connectivity index (χ1v) is 7.55. The smallest absolute Gasteiger partial charge is 0.240 e. The maximum atomic E-state index is 11.9. The zero-order chi connectivity index (χ0) is 15.0. The van der Waals surface area contributed by atoms with Crippen LogP contribution >= 0.6 is 0 Å². The third-order valence-electron chi connectivity index (χ3n) is 2.44. The van der Waals surface area contributed by atoms with E-state index in [2.05, 4.69) is 10.0 Å². The summed E-state index contributed by atoms with van der Waals surface area (Å²) in [4.78, 5) is 11.5. The normalized spacial score (nSPS) is 11.2. The summed E-state index contributed by atoms with van der Waals surface area (Å²) in [5.41, 5.74) is 5.90. The summed E-state index contributed by atoms with van der Waals surface area (Å²) in [6, 6.07) is 5.96. The summed E-state index contributed by atoms with van der Waals surface area (Å²) < 4.78 is 30.9. The van der Waals surface area contributed by atoms with Crippen LogP contribution in [0.15, 0.2) is 29.2 Å². The number of hydrogen-bond acceptors (Lipinski definition) is 5. The van der Waals surface area contributed by atoms with Crippen molar-refractivity contribution in [3.8, 4) is 0 Å². The van der Waals surface area contributed by atoms with Crippen molar-refractivity contribution in [3.05, 3.63) is 24.3 Å². The summed E-state index contributed by atoms with van der Waals surface area (Å²) >= 11 is 0. The summed E-state index contributed by atoms with van der Waals surface area (Å²) in [5, 5.41) is 2.60. The van der Waals surface area contributed by atoms with Crippen molar-refractivity contribution in [3.63, 3.8) is 0 Å². The van der Waals surface area contributed by atoms with E-state index in [9.17, 15) is 13.2 Å². The van der Waals surface area contributed by atoms with E-state index in [1.807, 2.05) is 0 Å². The van der Waals surface area contributed by atoms with Crippen LogP contribution < -0.4 is 15.8 Å². The highest BCUT2D eigenvalue weighted by Gasteiger charge is 2.14. The van der Waals surface area contributed by atoms with E-state index < -0.39 is 10.0 Å². The lowest BCUT2D eigenvalue weighted by molar-refractivity contribution is -0.121. The largest absolute Gasteiger partial charge is 0.399 e. The molecule has 0 atom stereocenters. The van der Waals surface area contributed by atoms with Crippen LogP contribution in [-0.4, -0.2) is 41.1 Å². The van der Waals surface area contributed by atoms with Crippen molar-refractivity contribution >= 4 is 21.6 Å². The van der Waals surface area contributed by atoms with Gasteiger partial charge in [0.25, 0.3) is 0 Å². The second-order valence-electron chi connectivity index (χ2n) is 4.06. The quantitative estimate of drug-likeness (QED) is 0.451. The number of nitrogen functional groups attached to an aromatic ring is 1. The molecule has 1 rings (SSSR count).